The molecule has 110 valence electrons. The summed E-state index contributed by atoms with van der Waals surface area (Å²) in [5.74, 6) is -0.323. The second kappa shape index (κ2) is 7.21. The summed E-state index contributed by atoms with van der Waals surface area (Å²) in [7, 11) is 0. The number of rotatable bonds is 5. The Morgan fingerprint density at radius 1 is 1.40 bits per heavy atom. The molecule has 1 saturated heterocycles. The van der Waals surface area contributed by atoms with Crippen LogP contribution < -0.4 is 15.8 Å². The summed E-state index contributed by atoms with van der Waals surface area (Å²) in [5.41, 5.74) is 6.08. The van der Waals surface area contributed by atoms with Gasteiger partial charge in [-0.05, 0) is 30.5 Å². The van der Waals surface area contributed by atoms with Crippen molar-refractivity contribution in [2.45, 2.75) is 25.4 Å². The Kier molecular flexibility index (Phi) is 5.31. The second-order valence-corrected chi connectivity index (χ2v) is 4.74. The maximum Gasteiger partial charge on any atom is 0.258 e. The van der Waals surface area contributed by atoms with Gasteiger partial charge >= 0.3 is 0 Å². The molecule has 1 aliphatic heterocycles. The van der Waals surface area contributed by atoms with E-state index in [9.17, 15) is 9.18 Å². The highest BCUT2D eigenvalue weighted by atomic mass is 19.1. The van der Waals surface area contributed by atoms with Gasteiger partial charge < -0.3 is 20.5 Å². The maximum absolute atomic E-state index is 13.3. The van der Waals surface area contributed by atoms with Crippen LogP contribution in [0.4, 0.5) is 4.39 Å². The Labute approximate surface area is 117 Å². The van der Waals surface area contributed by atoms with Crippen LogP contribution in [0.5, 0.6) is 5.75 Å². The Morgan fingerprint density at radius 3 is 2.85 bits per heavy atom. The fraction of sp³-hybridized carbons (Fsp3) is 0.500. The monoisotopic (exact) mass is 282 g/mol. The van der Waals surface area contributed by atoms with E-state index in [1.165, 1.54) is 12.1 Å². The van der Waals surface area contributed by atoms with E-state index in [4.69, 9.17) is 15.2 Å². The molecule has 1 aromatic rings. The number of amides is 1. The number of nitrogens with two attached hydrogens (primary N) is 1. The topological polar surface area (TPSA) is 73.6 Å². The van der Waals surface area contributed by atoms with Crippen molar-refractivity contribution in [1.82, 2.24) is 5.32 Å². The molecular formula is C14H19FN2O3. The first-order valence-electron chi connectivity index (χ1n) is 6.67. The van der Waals surface area contributed by atoms with E-state index >= 15 is 0 Å². The normalized spacial score (nSPS) is 15.9. The summed E-state index contributed by atoms with van der Waals surface area (Å²) < 4.78 is 23.8. The predicted octanol–water partition coefficient (Wildman–Crippen LogP) is 0.958. The van der Waals surface area contributed by atoms with Crippen LogP contribution in [0.1, 0.15) is 18.4 Å². The Morgan fingerprint density at radius 2 is 2.15 bits per heavy atom. The minimum absolute atomic E-state index is 0.131. The number of ether oxygens (including phenoxy) is 2. The van der Waals surface area contributed by atoms with Gasteiger partial charge in [-0.3, -0.25) is 4.79 Å². The van der Waals surface area contributed by atoms with Crippen molar-refractivity contribution in [2.75, 3.05) is 19.8 Å². The number of carbonyl (C=O) groups is 1. The molecule has 2 rings (SSSR count). The maximum atomic E-state index is 13.3. The van der Waals surface area contributed by atoms with E-state index < -0.39 is 5.82 Å². The van der Waals surface area contributed by atoms with Gasteiger partial charge in [-0.1, -0.05) is 0 Å². The molecule has 1 heterocycles. The van der Waals surface area contributed by atoms with Gasteiger partial charge in [-0.2, -0.15) is 0 Å². The van der Waals surface area contributed by atoms with Crippen molar-refractivity contribution in [3.8, 4) is 5.75 Å². The van der Waals surface area contributed by atoms with Crippen LogP contribution >= 0.6 is 0 Å². The number of nitrogens with one attached hydrogen (secondary N) is 1. The number of carbonyl (C=O) groups excluding carboxylic acids is 1. The van der Waals surface area contributed by atoms with Crippen LogP contribution in [0, 0.1) is 5.82 Å². The van der Waals surface area contributed by atoms with Gasteiger partial charge in [0.1, 0.15) is 11.6 Å². The lowest BCUT2D eigenvalue weighted by atomic mass is 10.1. The third kappa shape index (κ3) is 4.47. The lowest BCUT2D eigenvalue weighted by Gasteiger charge is -2.23. The molecule has 0 radical (unpaired) electrons. The van der Waals surface area contributed by atoms with E-state index in [0.29, 0.717) is 24.5 Å². The van der Waals surface area contributed by atoms with Crippen molar-refractivity contribution in [3.63, 3.8) is 0 Å². The first-order chi connectivity index (χ1) is 9.67. The lowest BCUT2D eigenvalue weighted by molar-refractivity contribution is -0.124. The molecule has 1 aliphatic rings. The molecule has 20 heavy (non-hydrogen) atoms. The average Bonchev–Trinajstić information content (AvgIpc) is 2.45. The SMILES string of the molecule is NCc1cc(F)cc(OCC(=O)NC2CCOCC2)c1. The van der Waals surface area contributed by atoms with Crippen LogP contribution in [0.2, 0.25) is 0 Å². The molecule has 5 nitrogen and oxygen atoms in total. The molecule has 0 spiro atoms. The van der Waals surface area contributed by atoms with E-state index in [-0.39, 0.29) is 25.1 Å². The first kappa shape index (κ1) is 14.7. The molecule has 1 fully saturated rings. The highest BCUT2D eigenvalue weighted by molar-refractivity contribution is 5.77. The molecule has 0 aliphatic carbocycles. The fourth-order valence-electron chi connectivity index (χ4n) is 2.08. The van der Waals surface area contributed by atoms with Crippen molar-refractivity contribution >= 4 is 5.91 Å². The van der Waals surface area contributed by atoms with Crippen LogP contribution in [0.3, 0.4) is 0 Å². The number of hydrogen-bond acceptors (Lipinski definition) is 4. The van der Waals surface area contributed by atoms with Crippen molar-refractivity contribution in [2.24, 2.45) is 5.73 Å². The highest BCUT2D eigenvalue weighted by Gasteiger charge is 2.16. The van der Waals surface area contributed by atoms with E-state index in [1.54, 1.807) is 6.07 Å². The summed E-state index contributed by atoms with van der Waals surface area (Å²) in [6.07, 6.45) is 1.62. The summed E-state index contributed by atoms with van der Waals surface area (Å²) in [5, 5.41) is 2.87. The number of benzene rings is 1. The fourth-order valence-corrected chi connectivity index (χ4v) is 2.08. The van der Waals surface area contributed by atoms with Crippen LogP contribution in [-0.2, 0) is 16.1 Å². The summed E-state index contributed by atoms with van der Waals surface area (Å²) in [6.45, 7) is 1.42. The molecular weight excluding hydrogens is 263 g/mol. The van der Waals surface area contributed by atoms with E-state index in [2.05, 4.69) is 5.32 Å². The zero-order valence-electron chi connectivity index (χ0n) is 11.2. The smallest absolute Gasteiger partial charge is 0.258 e. The number of halogens is 1. The molecule has 0 atom stereocenters. The highest BCUT2D eigenvalue weighted by Crippen LogP contribution is 2.16. The minimum atomic E-state index is -0.423. The number of hydrogen-bond donors (Lipinski definition) is 2. The van der Waals surface area contributed by atoms with Crippen molar-refractivity contribution in [1.29, 1.82) is 0 Å². The quantitative estimate of drug-likeness (QED) is 0.843. The van der Waals surface area contributed by atoms with Gasteiger partial charge in [-0.15, -0.1) is 0 Å². The third-order valence-electron chi connectivity index (χ3n) is 3.12. The Hall–Kier alpha value is -1.66. The average molecular weight is 282 g/mol. The van der Waals surface area contributed by atoms with E-state index in [1.807, 2.05) is 0 Å². The van der Waals surface area contributed by atoms with Crippen LogP contribution in [0.15, 0.2) is 18.2 Å². The molecule has 0 saturated carbocycles. The van der Waals surface area contributed by atoms with Crippen molar-refractivity contribution in [3.05, 3.63) is 29.6 Å². The summed E-state index contributed by atoms with van der Waals surface area (Å²) >= 11 is 0. The zero-order valence-corrected chi connectivity index (χ0v) is 11.2. The third-order valence-corrected chi connectivity index (χ3v) is 3.12. The van der Waals surface area contributed by atoms with E-state index in [0.717, 1.165) is 12.8 Å². The molecule has 6 heteroatoms. The van der Waals surface area contributed by atoms with Crippen LogP contribution in [0.25, 0.3) is 0 Å². The second-order valence-electron chi connectivity index (χ2n) is 4.74. The summed E-state index contributed by atoms with van der Waals surface area (Å²) in [4.78, 5) is 11.7. The molecule has 1 amide bonds. The zero-order chi connectivity index (χ0) is 14.4. The molecule has 3 N–H and O–H groups in total. The molecule has 1 aromatic carbocycles. The van der Waals surface area contributed by atoms with Gasteiger partial charge in [0.25, 0.3) is 5.91 Å². The minimum Gasteiger partial charge on any atom is -0.484 e. The predicted molar refractivity (Wildman–Crippen MR) is 71.8 cm³/mol. The summed E-state index contributed by atoms with van der Waals surface area (Å²) in [6, 6.07) is 4.34. The van der Waals surface area contributed by atoms with Crippen molar-refractivity contribution < 1.29 is 18.7 Å². The lowest BCUT2D eigenvalue weighted by Crippen LogP contribution is -2.41. The standard InChI is InChI=1S/C14H19FN2O3/c15-11-5-10(8-16)6-13(7-11)20-9-14(18)17-12-1-3-19-4-2-12/h5-7,12H,1-4,8-9,16H2,(H,17,18). The van der Waals surface area contributed by atoms with Gasteiger partial charge in [0.15, 0.2) is 6.61 Å². The Balaban J connectivity index is 1.81. The molecule has 0 bridgehead atoms. The Bertz CT molecular complexity index is 462. The first-order valence-corrected chi connectivity index (χ1v) is 6.67. The van der Waals surface area contributed by atoms with Gasteiger partial charge in [-0.25, -0.2) is 4.39 Å². The largest absolute Gasteiger partial charge is 0.484 e. The van der Waals surface area contributed by atoms with Crippen LogP contribution in [-0.4, -0.2) is 31.8 Å². The van der Waals surface area contributed by atoms with Gasteiger partial charge in [0, 0.05) is 31.9 Å². The van der Waals surface area contributed by atoms with Gasteiger partial charge in [0.05, 0.1) is 0 Å². The molecule has 0 aromatic heterocycles. The van der Waals surface area contributed by atoms with Gasteiger partial charge in [0.2, 0.25) is 0 Å². The molecule has 0 unspecified atom stereocenters.